The number of aliphatic hydroxyl groups excluding tert-OH is 1. The van der Waals surface area contributed by atoms with Gasteiger partial charge in [0.2, 0.25) is 0 Å². The Balaban J connectivity index is 2.24. The number of hydrogen-bond donors (Lipinski definition) is 1. The highest BCUT2D eigenvalue weighted by atomic mass is 35.5. The fraction of sp³-hybridized carbons (Fsp3) is 0.143. The highest BCUT2D eigenvalue weighted by Gasteiger charge is 2.14. The average Bonchev–Trinajstić information content (AvgIpc) is 2.34. The predicted octanol–water partition coefficient (Wildman–Crippen LogP) is 4.41. The molecule has 2 aromatic rings. The molecule has 0 aliphatic carbocycles. The molecule has 2 rings (SSSR count). The monoisotopic (exact) mass is 284 g/mol. The first-order chi connectivity index (χ1) is 8.58. The van der Waals surface area contributed by atoms with Crippen molar-refractivity contribution in [3.63, 3.8) is 0 Å². The Morgan fingerprint density at radius 3 is 2.56 bits per heavy atom. The molecule has 0 bridgehead atoms. The van der Waals surface area contributed by atoms with Gasteiger partial charge in [0, 0.05) is 16.5 Å². The first-order valence-corrected chi connectivity index (χ1v) is 6.20. The van der Waals surface area contributed by atoms with Gasteiger partial charge < -0.3 is 5.11 Å². The molecule has 0 spiro atoms. The summed E-state index contributed by atoms with van der Waals surface area (Å²) in [4.78, 5) is 0. The van der Waals surface area contributed by atoms with Crippen LogP contribution in [0.2, 0.25) is 10.0 Å². The largest absolute Gasteiger partial charge is 0.388 e. The van der Waals surface area contributed by atoms with Gasteiger partial charge >= 0.3 is 0 Å². The molecule has 0 aliphatic rings. The summed E-state index contributed by atoms with van der Waals surface area (Å²) >= 11 is 11.8. The Morgan fingerprint density at radius 1 is 1.11 bits per heavy atom. The summed E-state index contributed by atoms with van der Waals surface area (Å²) in [7, 11) is 0. The molecule has 2 aromatic carbocycles. The maximum atomic E-state index is 13.5. The number of hydrogen-bond acceptors (Lipinski definition) is 1. The summed E-state index contributed by atoms with van der Waals surface area (Å²) in [5.41, 5.74) is 0.952. The Bertz CT molecular complexity index is 557. The van der Waals surface area contributed by atoms with Crippen molar-refractivity contribution in [2.75, 3.05) is 0 Å². The van der Waals surface area contributed by atoms with Crippen molar-refractivity contribution in [3.05, 3.63) is 69.5 Å². The van der Waals surface area contributed by atoms with E-state index in [1.807, 2.05) is 0 Å². The first kappa shape index (κ1) is 13.3. The lowest BCUT2D eigenvalue weighted by atomic mass is 10.0. The van der Waals surface area contributed by atoms with Gasteiger partial charge in [-0.2, -0.15) is 0 Å². The number of rotatable bonds is 3. The minimum Gasteiger partial charge on any atom is -0.388 e. The van der Waals surface area contributed by atoms with Gasteiger partial charge in [-0.25, -0.2) is 4.39 Å². The standard InChI is InChI=1S/C14H11Cl2FO/c15-10-5-6-13(17)9(7-10)8-14(18)11-3-1-2-4-12(11)16/h1-7,14,18H,8H2. The molecular formula is C14H11Cl2FO. The molecular weight excluding hydrogens is 274 g/mol. The van der Waals surface area contributed by atoms with E-state index in [2.05, 4.69) is 0 Å². The van der Waals surface area contributed by atoms with Crippen LogP contribution in [0, 0.1) is 5.82 Å². The molecule has 1 N–H and O–H groups in total. The van der Waals surface area contributed by atoms with Gasteiger partial charge in [0.15, 0.2) is 0 Å². The average molecular weight is 285 g/mol. The van der Waals surface area contributed by atoms with E-state index in [9.17, 15) is 9.50 Å². The Labute approximate surface area is 115 Å². The van der Waals surface area contributed by atoms with Gasteiger partial charge in [-0.1, -0.05) is 41.4 Å². The van der Waals surface area contributed by atoms with Crippen molar-refractivity contribution in [1.82, 2.24) is 0 Å². The fourth-order valence-corrected chi connectivity index (χ4v) is 2.22. The number of benzene rings is 2. The molecule has 94 valence electrons. The highest BCUT2D eigenvalue weighted by Crippen LogP contribution is 2.27. The van der Waals surface area contributed by atoms with E-state index in [0.717, 1.165) is 0 Å². The molecule has 0 radical (unpaired) electrons. The van der Waals surface area contributed by atoms with Crippen LogP contribution in [-0.4, -0.2) is 5.11 Å². The lowest BCUT2D eigenvalue weighted by Gasteiger charge is -2.13. The fourth-order valence-electron chi connectivity index (χ4n) is 1.76. The van der Waals surface area contributed by atoms with Gasteiger partial charge in [0.25, 0.3) is 0 Å². The minimum absolute atomic E-state index is 0.135. The zero-order valence-corrected chi connectivity index (χ0v) is 10.9. The van der Waals surface area contributed by atoms with Crippen LogP contribution in [0.3, 0.4) is 0 Å². The van der Waals surface area contributed by atoms with Crippen LogP contribution in [-0.2, 0) is 6.42 Å². The molecule has 0 fully saturated rings. The quantitative estimate of drug-likeness (QED) is 0.885. The van der Waals surface area contributed by atoms with E-state index >= 15 is 0 Å². The second kappa shape index (κ2) is 5.70. The normalized spacial score (nSPS) is 12.4. The zero-order valence-electron chi connectivity index (χ0n) is 9.41. The first-order valence-electron chi connectivity index (χ1n) is 5.44. The van der Waals surface area contributed by atoms with Crippen molar-refractivity contribution < 1.29 is 9.50 Å². The maximum absolute atomic E-state index is 13.5. The van der Waals surface area contributed by atoms with E-state index in [0.29, 0.717) is 21.2 Å². The van der Waals surface area contributed by atoms with Crippen molar-refractivity contribution in [1.29, 1.82) is 0 Å². The smallest absolute Gasteiger partial charge is 0.126 e. The highest BCUT2D eigenvalue weighted by molar-refractivity contribution is 6.31. The van der Waals surface area contributed by atoms with E-state index < -0.39 is 6.10 Å². The minimum atomic E-state index is -0.855. The summed E-state index contributed by atoms with van der Waals surface area (Å²) < 4.78 is 13.5. The SMILES string of the molecule is OC(Cc1cc(Cl)ccc1F)c1ccccc1Cl. The molecule has 0 amide bonds. The third-order valence-corrected chi connectivity index (χ3v) is 3.26. The molecule has 0 saturated heterocycles. The van der Waals surface area contributed by atoms with E-state index in [-0.39, 0.29) is 12.2 Å². The van der Waals surface area contributed by atoms with Crippen molar-refractivity contribution in [2.24, 2.45) is 0 Å². The van der Waals surface area contributed by atoms with Crippen molar-refractivity contribution in [3.8, 4) is 0 Å². The Morgan fingerprint density at radius 2 is 1.83 bits per heavy atom. The summed E-state index contributed by atoms with van der Waals surface area (Å²) in [6.07, 6.45) is -0.720. The van der Waals surface area contributed by atoms with Crippen LogP contribution < -0.4 is 0 Å². The van der Waals surface area contributed by atoms with Crippen LogP contribution in [0.1, 0.15) is 17.2 Å². The molecule has 1 atom stereocenters. The van der Waals surface area contributed by atoms with Crippen LogP contribution in [0.15, 0.2) is 42.5 Å². The lowest BCUT2D eigenvalue weighted by molar-refractivity contribution is 0.177. The molecule has 4 heteroatoms. The third kappa shape index (κ3) is 3.02. The van der Waals surface area contributed by atoms with Crippen molar-refractivity contribution >= 4 is 23.2 Å². The van der Waals surface area contributed by atoms with E-state index in [4.69, 9.17) is 23.2 Å². The summed E-state index contributed by atoms with van der Waals surface area (Å²) in [5.74, 6) is -0.384. The van der Waals surface area contributed by atoms with Gasteiger partial charge in [-0.15, -0.1) is 0 Å². The van der Waals surface area contributed by atoms with Crippen LogP contribution in [0.25, 0.3) is 0 Å². The maximum Gasteiger partial charge on any atom is 0.126 e. The summed E-state index contributed by atoms with van der Waals surface area (Å²) in [6, 6.07) is 11.2. The second-order valence-electron chi connectivity index (χ2n) is 3.98. The zero-order chi connectivity index (χ0) is 13.1. The van der Waals surface area contributed by atoms with Crippen LogP contribution in [0.4, 0.5) is 4.39 Å². The number of aliphatic hydroxyl groups is 1. The van der Waals surface area contributed by atoms with Crippen LogP contribution >= 0.6 is 23.2 Å². The lowest BCUT2D eigenvalue weighted by Crippen LogP contribution is -2.04. The Hall–Kier alpha value is -1.09. The molecule has 18 heavy (non-hydrogen) atoms. The molecule has 0 aromatic heterocycles. The van der Waals surface area contributed by atoms with E-state index in [1.165, 1.54) is 18.2 Å². The molecule has 0 aliphatic heterocycles. The second-order valence-corrected chi connectivity index (χ2v) is 4.82. The summed E-state index contributed by atoms with van der Waals surface area (Å²) in [6.45, 7) is 0. The molecule has 0 heterocycles. The third-order valence-electron chi connectivity index (χ3n) is 2.69. The van der Waals surface area contributed by atoms with Crippen LogP contribution in [0.5, 0.6) is 0 Å². The topological polar surface area (TPSA) is 20.2 Å². The van der Waals surface area contributed by atoms with E-state index in [1.54, 1.807) is 24.3 Å². The molecule has 1 unspecified atom stereocenters. The molecule has 0 saturated carbocycles. The van der Waals surface area contributed by atoms with Gasteiger partial charge in [-0.3, -0.25) is 0 Å². The summed E-state index contributed by atoms with van der Waals surface area (Å²) in [5, 5.41) is 11.0. The Kier molecular flexibility index (Phi) is 4.23. The van der Waals surface area contributed by atoms with Gasteiger partial charge in [-0.05, 0) is 35.4 Å². The van der Waals surface area contributed by atoms with Crippen molar-refractivity contribution in [2.45, 2.75) is 12.5 Å². The number of halogens is 3. The van der Waals surface area contributed by atoms with Gasteiger partial charge in [0.05, 0.1) is 6.10 Å². The predicted molar refractivity (Wildman–Crippen MR) is 71.5 cm³/mol. The van der Waals surface area contributed by atoms with Gasteiger partial charge in [0.1, 0.15) is 5.82 Å². The molecule has 1 nitrogen and oxygen atoms in total.